The number of amides is 1. The van der Waals surface area contributed by atoms with E-state index in [4.69, 9.17) is 5.73 Å². The Hall–Kier alpha value is -0.280. The van der Waals surface area contributed by atoms with Crippen LogP contribution in [0.1, 0.15) is 46.5 Å². The molecule has 106 valence electrons. The van der Waals surface area contributed by atoms with Gasteiger partial charge in [-0.15, -0.1) is 12.4 Å². The summed E-state index contributed by atoms with van der Waals surface area (Å²) in [5.41, 5.74) is 6.26. The van der Waals surface area contributed by atoms with Crippen LogP contribution in [0.25, 0.3) is 0 Å². The van der Waals surface area contributed by atoms with Crippen molar-refractivity contribution in [2.24, 2.45) is 23.0 Å². The van der Waals surface area contributed by atoms with Crippen LogP contribution < -0.4 is 5.73 Å². The van der Waals surface area contributed by atoms with E-state index in [9.17, 15) is 4.79 Å². The lowest BCUT2D eigenvalue weighted by Crippen LogP contribution is -2.38. The van der Waals surface area contributed by atoms with Gasteiger partial charge < -0.3 is 10.6 Å². The minimum Gasteiger partial charge on any atom is -0.342 e. The molecular weight excluding hydrogens is 248 g/mol. The first-order valence-electron chi connectivity index (χ1n) is 6.90. The SMILES string of the molecule is CC(C)(C)CC(=O)N1CC2CCCC(N)C2C1.Cl. The van der Waals surface area contributed by atoms with Crippen LogP contribution in [0.4, 0.5) is 0 Å². The van der Waals surface area contributed by atoms with E-state index in [1.807, 2.05) is 0 Å². The number of nitrogens with two attached hydrogens (primary N) is 1. The van der Waals surface area contributed by atoms with Crippen molar-refractivity contribution in [1.29, 1.82) is 0 Å². The zero-order chi connectivity index (χ0) is 12.6. The normalized spacial score (nSPS) is 31.8. The van der Waals surface area contributed by atoms with Crippen molar-refractivity contribution in [2.75, 3.05) is 13.1 Å². The van der Waals surface area contributed by atoms with Gasteiger partial charge in [-0.2, -0.15) is 0 Å². The number of carbonyl (C=O) groups is 1. The number of hydrogen-bond donors (Lipinski definition) is 1. The minimum absolute atomic E-state index is 0. The molecule has 0 aromatic carbocycles. The van der Waals surface area contributed by atoms with Gasteiger partial charge in [0.25, 0.3) is 0 Å². The number of likely N-dealkylation sites (tertiary alicyclic amines) is 1. The zero-order valence-corrected chi connectivity index (χ0v) is 12.6. The number of hydrogen-bond acceptors (Lipinski definition) is 2. The highest BCUT2D eigenvalue weighted by atomic mass is 35.5. The highest BCUT2D eigenvalue weighted by molar-refractivity contribution is 5.85. The molecule has 0 aromatic heterocycles. The molecule has 3 nitrogen and oxygen atoms in total. The summed E-state index contributed by atoms with van der Waals surface area (Å²) in [5.74, 6) is 1.55. The van der Waals surface area contributed by atoms with Crippen molar-refractivity contribution >= 4 is 18.3 Å². The Bertz CT molecular complexity index is 301. The van der Waals surface area contributed by atoms with E-state index < -0.39 is 0 Å². The molecule has 1 heterocycles. The van der Waals surface area contributed by atoms with Crippen molar-refractivity contribution in [3.63, 3.8) is 0 Å². The smallest absolute Gasteiger partial charge is 0.223 e. The highest BCUT2D eigenvalue weighted by Gasteiger charge is 2.40. The van der Waals surface area contributed by atoms with Gasteiger partial charge in [-0.25, -0.2) is 0 Å². The summed E-state index contributed by atoms with van der Waals surface area (Å²) in [6, 6.07) is 0.321. The lowest BCUT2D eigenvalue weighted by atomic mass is 9.78. The monoisotopic (exact) mass is 274 g/mol. The molecule has 1 saturated carbocycles. The third kappa shape index (κ3) is 3.61. The average molecular weight is 275 g/mol. The summed E-state index contributed by atoms with van der Waals surface area (Å²) in [7, 11) is 0. The maximum absolute atomic E-state index is 12.2. The maximum atomic E-state index is 12.2. The van der Waals surface area contributed by atoms with Gasteiger partial charge in [-0.1, -0.05) is 27.2 Å². The standard InChI is InChI=1S/C14H26N2O.ClH/c1-14(2,3)7-13(17)16-8-10-5-4-6-12(15)11(10)9-16;/h10-12H,4-9,15H2,1-3H3;1H. The summed E-state index contributed by atoms with van der Waals surface area (Å²) in [5, 5.41) is 0. The summed E-state index contributed by atoms with van der Waals surface area (Å²) in [6.07, 6.45) is 4.30. The van der Waals surface area contributed by atoms with E-state index in [0.29, 0.717) is 30.2 Å². The van der Waals surface area contributed by atoms with Gasteiger partial charge in [0, 0.05) is 25.6 Å². The molecule has 2 fully saturated rings. The predicted octanol–water partition coefficient (Wildman–Crippen LogP) is 2.43. The van der Waals surface area contributed by atoms with Crippen LogP contribution in [0.5, 0.6) is 0 Å². The van der Waals surface area contributed by atoms with Crippen LogP contribution in [0.15, 0.2) is 0 Å². The number of nitrogens with zero attached hydrogens (tertiary/aromatic N) is 1. The number of carbonyl (C=O) groups excluding carboxylic acids is 1. The molecule has 3 atom stereocenters. The summed E-state index contributed by atoms with van der Waals surface area (Å²) in [6.45, 7) is 8.23. The topological polar surface area (TPSA) is 46.3 Å². The van der Waals surface area contributed by atoms with Gasteiger partial charge >= 0.3 is 0 Å². The number of fused-ring (bicyclic) bond motifs is 1. The van der Waals surface area contributed by atoms with Crippen molar-refractivity contribution in [2.45, 2.75) is 52.5 Å². The molecule has 1 amide bonds. The molecule has 1 aliphatic carbocycles. The fourth-order valence-corrected chi connectivity index (χ4v) is 3.29. The van der Waals surface area contributed by atoms with Crippen LogP contribution in [0.3, 0.4) is 0 Å². The minimum atomic E-state index is 0. The van der Waals surface area contributed by atoms with Gasteiger partial charge in [0.15, 0.2) is 0 Å². The molecule has 4 heteroatoms. The first kappa shape index (κ1) is 15.8. The number of rotatable bonds is 1. The molecule has 0 aromatic rings. The van der Waals surface area contributed by atoms with Crippen molar-refractivity contribution in [3.05, 3.63) is 0 Å². The van der Waals surface area contributed by atoms with Gasteiger partial charge in [-0.05, 0) is 30.1 Å². The Kier molecular flexibility index (Phi) is 5.07. The van der Waals surface area contributed by atoms with Gasteiger partial charge in [0.2, 0.25) is 5.91 Å². The van der Waals surface area contributed by atoms with E-state index in [-0.39, 0.29) is 17.8 Å². The third-order valence-electron chi connectivity index (χ3n) is 4.19. The summed E-state index contributed by atoms with van der Waals surface area (Å²) >= 11 is 0. The highest BCUT2D eigenvalue weighted by Crippen LogP contribution is 2.36. The van der Waals surface area contributed by atoms with Crippen LogP contribution >= 0.6 is 12.4 Å². The first-order valence-corrected chi connectivity index (χ1v) is 6.90. The van der Waals surface area contributed by atoms with E-state index >= 15 is 0 Å². The molecule has 18 heavy (non-hydrogen) atoms. The Balaban J connectivity index is 0.00000162. The van der Waals surface area contributed by atoms with Gasteiger partial charge in [0.1, 0.15) is 0 Å². The fraction of sp³-hybridized carbons (Fsp3) is 0.929. The second-order valence-electron chi connectivity index (χ2n) is 7.05. The van der Waals surface area contributed by atoms with Crippen molar-refractivity contribution < 1.29 is 4.79 Å². The Morgan fingerprint density at radius 1 is 1.28 bits per heavy atom. The third-order valence-corrected chi connectivity index (χ3v) is 4.19. The molecule has 1 saturated heterocycles. The molecule has 2 rings (SSSR count). The van der Waals surface area contributed by atoms with Crippen LogP contribution in [-0.4, -0.2) is 29.9 Å². The average Bonchev–Trinajstić information content (AvgIpc) is 2.60. The maximum Gasteiger partial charge on any atom is 0.223 e. The Labute approximate surface area is 117 Å². The molecule has 0 radical (unpaired) electrons. The molecule has 0 bridgehead atoms. The molecular formula is C14H27ClN2O. The second kappa shape index (κ2) is 5.79. The van der Waals surface area contributed by atoms with Crippen LogP contribution in [0.2, 0.25) is 0 Å². The molecule has 2 aliphatic rings. The van der Waals surface area contributed by atoms with E-state index in [1.165, 1.54) is 12.8 Å². The van der Waals surface area contributed by atoms with E-state index in [2.05, 4.69) is 25.7 Å². The van der Waals surface area contributed by atoms with Crippen LogP contribution in [-0.2, 0) is 4.79 Å². The lowest BCUT2D eigenvalue weighted by Gasteiger charge is -2.29. The van der Waals surface area contributed by atoms with Crippen molar-refractivity contribution in [3.8, 4) is 0 Å². The summed E-state index contributed by atoms with van der Waals surface area (Å²) < 4.78 is 0. The molecule has 3 unspecified atom stereocenters. The second-order valence-corrected chi connectivity index (χ2v) is 7.05. The number of halogens is 1. The fourth-order valence-electron chi connectivity index (χ4n) is 3.29. The Morgan fingerprint density at radius 3 is 2.50 bits per heavy atom. The van der Waals surface area contributed by atoms with E-state index in [0.717, 1.165) is 19.5 Å². The largest absolute Gasteiger partial charge is 0.342 e. The first-order chi connectivity index (χ1) is 7.87. The molecule has 0 spiro atoms. The van der Waals surface area contributed by atoms with Crippen molar-refractivity contribution in [1.82, 2.24) is 4.90 Å². The molecule has 1 aliphatic heterocycles. The zero-order valence-electron chi connectivity index (χ0n) is 11.8. The van der Waals surface area contributed by atoms with Gasteiger partial charge in [0.05, 0.1) is 0 Å². The lowest BCUT2D eigenvalue weighted by molar-refractivity contribution is -0.132. The predicted molar refractivity (Wildman–Crippen MR) is 76.7 cm³/mol. The Morgan fingerprint density at radius 2 is 1.94 bits per heavy atom. The van der Waals surface area contributed by atoms with Gasteiger partial charge in [-0.3, -0.25) is 4.79 Å². The molecule has 2 N–H and O–H groups in total. The summed E-state index contributed by atoms with van der Waals surface area (Å²) in [4.78, 5) is 14.3. The van der Waals surface area contributed by atoms with Crippen LogP contribution in [0, 0.1) is 17.3 Å². The quantitative estimate of drug-likeness (QED) is 0.798. The van der Waals surface area contributed by atoms with E-state index in [1.54, 1.807) is 0 Å².